The highest BCUT2D eigenvalue weighted by Gasteiger charge is 2.12. The van der Waals surface area contributed by atoms with Crippen LogP contribution in [0.3, 0.4) is 0 Å². The molecule has 3 aromatic rings. The number of hydrogen-bond acceptors (Lipinski definition) is 3. The third-order valence-corrected chi connectivity index (χ3v) is 4.02. The van der Waals surface area contributed by atoms with Crippen LogP contribution in [0.1, 0.15) is 34.7 Å². The number of pyridine rings is 1. The van der Waals surface area contributed by atoms with Gasteiger partial charge in [0.05, 0.1) is 0 Å². The van der Waals surface area contributed by atoms with Gasteiger partial charge in [-0.15, -0.1) is 0 Å². The number of hydrogen-bond donors (Lipinski definition) is 1. The molecule has 5 heteroatoms. The van der Waals surface area contributed by atoms with Crippen molar-refractivity contribution in [1.82, 2.24) is 14.5 Å². The molecule has 2 heterocycles. The summed E-state index contributed by atoms with van der Waals surface area (Å²) in [7, 11) is 2.00. The number of rotatable bonds is 5. The number of imidazole rings is 1. The van der Waals surface area contributed by atoms with Crippen LogP contribution in [0.4, 0.5) is 5.69 Å². The summed E-state index contributed by atoms with van der Waals surface area (Å²) >= 11 is 0. The number of aryl methyl sites for hydroxylation is 1. The zero-order chi connectivity index (χ0) is 16.9. The predicted octanol–water partition coefficient (Wildman–Crippen LogP) is 3.41. The van der Waals surface area contributed by atoms with E-state index in [1.54, 1.807) is 24.4 Å². The maximum atomic E-state index is 12.2. The highest BCUT2D eigenvalue weighted by atomic mass is 16.1. The van der Waals surface area contributed by atoms with Gasteiger partial charge in [0, 0.05) is 37.7 Å². The Kier molecular flexibility index (Phi) is 4.70. The van der Waals surface area contributed by atoms with Gasteiger partial charge in [-0.3, -0.25) is 9.78 Å². The molecule has 5 nitrogen and oxygen atoms in total. The first-order chi connectivity index (χ1) is 11.6. The minimum atomic E-state index is -0.204. The van der Waals surface area contributed by atoms with E-state index in [-0.39, 0.29) is 5.91 Å². The van der Waals surface area contributed by atoms with E-state index in [9.17, 15) is 4.79 Å². The quantitative estimate of drug-likeness (QED) is 0.783. The van der Waals surface area contributed by atoms with Crippen LogP contribution in [0.2, 0.25) is 0 Å². The van der Waals surface area contributed by atoms with Crippen molar-refractivity contribution in [2.45, 2.75) is 19.3 Å². The molecule has 0 aliphatic carbocycles. The van der Waals surface area contributed by atoms with Crippen LogP contribution in [-0.4, -0.2) is 20.4 Å². The lowest BCUT2D eigenvalue weighted by Crippen LogP contribution is -2.13. The highest BCUT2D eigenvalue weighted by Crippen LogP contribution is 2.22. The van der Waals surface area contributed by atoms with Crippen molar-refractivity contribution in [1.29, 1.82) is 0 Å². The molecular weight excluding hydrogens is 300 g/mol. The van der Waals surface area contributed by atoms with Crippen LogP contribution in [0.25, 0.3) is 0 Å². The molecule has 1 amide bonds. The second-order valence-corrected chi connectivity index (χ2v) is 5.85. The van der Waals surface area contributed by atoms with Crippen LogP contribution in [0.5, 0.6) is 0 Å². The summed E-state index contributed by atoms with van der Waals surface area (Å²) in [4.78, 5) is 20.7. The predicted molar refractivity (Wildman–Crippen MR) is 94.0 cm³/mol. The molecular formula is C19H20N4O. The summed E-state index contributed by atoms with van der Waals surface area (Å²) in [5.74, 6) is 1.15. The van der Waals surface area contributed by atoms with Gasteiger partial charge in [0.15, 0.2) is 0 Å². The van der Waals surface area contributed by atoms with Crippen molar-refractivity contribution in [3.8, 4) is 0 Å². The number of nitrogens with zero attached hydrogens (tertiary/aromatic N) is 3. The number of anilines is 1. The van der Waals surface area contributed by atoms with Gasteiger partial charge in [-0.25, -0.2) is 4.98 Å². The topological polar surface area (TPSA) is 59.8 Å². The van der Waals surface area contributed by atoms with Gasteiger partial charge < -0.3 is 9.88 Å². The zero-order valence-corrected chi connectivity index (χ0v) is 13.8. The molecule has 0 fully saturated rings. The summed E-state index contributed by atoms with van der Waals surface area (Å²) in [6, 6.07) is 13.2. The Bertz CT molecular complexity index is 826. The molecule has 122 valence electrons. The first-order valence-corrected chi connectivity index (χ1v) is 7.92. The third-order valence-electron chi connectivity index (χ3n) is 4.02. The van der Waals surface area contributed by atoms with E-state index in [2.05, 4.69) is 28.3 Å². The van der Waals surface area contributed by atoms with Gasteiger partial charge >= 0.3 is 0 Å². The fourth-order valence-electron chi connectivity index (χ4n) is 2.60. The molecule has 1 N–H and O–H groups in total. The molecule has 0 aliphatic rings. The average molecular weight is 320 g/mol. The Morgan fingerprint density at radius 2 is 2.04 bits per heavy atom. The van der Waals surface area contributed by atoms with E-state index in [0.29, 0.717) is 11.6 Å². The van der Waals surface area contributed by atoms with Crippen molar-refractivity contribution in [2.24, 2.45) is 7.05 Å². The van der Waals surface area contributed by atoms with Gasteiger partial charge in [0.1, 0.15) is 11.5 Å². The van der Waals surface area contributed by atoms with Gasteiger partial charge in [-0.05, 0) is 35.7 Å². The van der Waals surface area contributed by atoms with Crippen LogP contribution in [0.15, 0.2) is 61.1 Å². The minimum absolute atomic E-state index is 0.204. The van der Waals surface area contributed by atoms with E-state index >= 15 is 0 Å². The van der Waals surface area contributed by atoms with Gasteiger partial charge in [-0.1, -0.05) is 25.1 Å². The van der Waals surface area contributed by atoms with Crippen molar-refractivity contribution in [3.05, 3.63) is 78.1 Å². The molecule has 2 aromatic heterocycles. The van der Waals surface area contributed by atoms with Crippen molar-refractivity contribution < 1.29 is 4.79 Å². The lowest BCUT2D eigenvalue weighted by Gasteiger charge is -2.13. The van der Waals surface area contributed by atoms with E-state index in [1.807, 2.05) is 42.2 Å². The SMILES string of the molecule is C[C@@H](Cc1nccn1C)c1cccc(NC(=O)c2ccccn2)c1. The second kappa shape index (κ2) is 7.08. The number of aromatic nitrogens is 3. The molecule has 0 bridgehead atoms. The fraction of sp³-hybridized carbons (Fsp3) is 0.211. The summed E-state index contributed by atoms with van der Waals surface area (Å²) in [6.07, 6.45) is 6.22. The summed E-state index contributed by atoms with van der Waals surface area (Å²) in [5.41, 5.74) is 2.34. The number of nitrogens with one attached hydrogen (secondary N) is 1. The number of carbonyl (C=O) groups is 1. The molecule has 0 saturated carbocycles. The van der Waals surface area contributed by atoms with Gasteiger partial charge in [0.25, 0.3) is 5.91 Å². The first kappa shape index (κ1) is 15.9. The van der Waals surface area contributed by atoms with Gasteiger partial charge in [-0.2, -0.15) is 0 Å². The molecule has 0 radical (unpaired) electrons. The monoisotopic (exact) mass is 320 g/mol. The Morgan fingerprint density at radius 1 is 1.17 bits per heavy atom. The molecule has 0 aliphatic heterocycles. The summed E-state index contributed by atoms with van der Waals surface area (Å²) < 4.78 is 2.03. The van der Waals surface area contributed by atoms with E-state index < -0.39 is 0 Å². The van der Waals surface area contributed by atoms with E-state index in [4.69, 9.17) is 0 Å². The molecule has 24 heavy (non-hydrogen) atoms. The number of benzene rings is 1. The van der Waals surface area contributed by atoms with Crippen LogP contribution in [-0.2, 0) is 13.5 Å². The number of carbonyl (C=O) groups excluding carboxylic acids is 1. The maximum Gasteiger partial charge on any atom is 0.274 e. The first-order valence-electron chi connectivity index (χ1n) is 7.92. The number of amides is 1. The largest absolute Gasteiger partial charge is 0.338 e. The molecule has 0 spiro atoms. The molecule has 1 aromatic carbocycles. The molecule has 0 saturated heterocycles. The molecule has 3 rings (SSSR count). The Labute approximate surface area is 141 Å². The second-order valence-electron chi connectivity index (χ2n) is 5.85. The van der Waals surface area contributed by atoms with E-state index in [0.717, 1.165) is 23.5 Å². The normalized spacial score (nSPS) is 11.9. The lowest BCUT2D eigenvalue weighted by molar-refractivity contribution is 0.102. The van der Waals surface area contributed by atoms with Crippen molar-refractivity contribution >= 4 is 11.6 Å². The standard InChI is InChI=1S/C19H20N4O/c1-14(12-18-21-10-11-23(18)2)15-6-5-7-16(13-15)22-19(24)17-8-3-4-9-20-17/h3-11,13-14H,12H2,1-2H3,(H,22,24)/t14-/m0/s1. The van der Waals surface area contributed by atoms with Crippen LogP contribution < -0.4 is 5.32 Å². The van der Waals surface area contributed by atoms with E-state index in [1.165, 1.54) is 0 Å². The zero-order valence-electron chi connectivity index (χ0n) is 13.8. The Balaban J connectivity index is 1.72. The smallest absolute Gasteiger partial charge is 0.274 e. The van der Waals surface area contributed by atoms with Crippen molar-refractivity contribution in [3.63, 3.8) is 0 Å². The average Bonchev–Trinajstić information content (AvgIpc) is 3.00. The highest BCUT2D eigenvalue weighted by molar-refractivity contribution is 6.02. The molecule has 0 unspecified atom stereocenters. The molecule has 1 atom stereocenters. The lowest BCUT2D eigenvalue weighted by atomic mass is 9.97. The van der Waals surface area contributed by atoms with Crippen LogP contribution >= 0.6 is 0 Å². The van der Waals surface area contributed by atoms with Crippen molar-refractivity contribution in [2.75, 3.05) is 5.32 Å². The summed E-state index contributed by atoms with van der Waals surface area (Å²) in [6.45, 7) is 2.16. The Hall–Kier alpha value is -2.95. The maximum absolute atomic E-state index is 12.2. The Morgan fingerprint density at radius 3 is 2.75 bits per heavy atom. The minimum Gasteiger partial charge on any atom is -0.338 e. The van der Waals surface area contributed by atoms with Gasteiger partial charge in [0.2, 0.25) is 0 Å². The summed E-state index contributed by atoms with van der Waals surface area (Å²) in [5, 5.41) is 2.90. The fourth-order valence-corrected chi connectivity index (χ4v) is 2.60. The third kappa shape index (κ3) is 3.68. The van der Waals surface area contributed by atoms with Crippen LogP contribution in [0, 0.1) is 0 Å².